The Bertz CT molecular complexity index is 102. The van der Waals surface area contributed by atoms with Crippen molar-refractivity contribution in [3.8, 4) is 0 Å². The minimum atomic E-state index is 0. The summed E-state index contributed by atoms with van der Waals surface area (Å²) in [6.45, 7) is 12.4. The maximum absolute atomic E-state index is 5.35. The molecule has 0 amide bonds. The van der Waals surface area contributed by atoms with Gasteiger partial charge in [0.25, 0.3) is 0 Å². The van der Waals surface area contributed by atoms with E-state index in [1.165, 1.54) is 0 Å². The maximum atomic E-state index is 5.35. The third-order valence-electron chi connectivity index (χ3n) is 0.883. The molecule has 0 atom stereocenters. The van der Waals surface area contributed by atoms with E-state index >= 15 is 0 Å². The fourth-order valence-corrected chi connectivity index (χ4v) is 0.461. The quantitative estimate of drug-likeness (QED) is 0.699. The van der Waals surface area contributed by atoms with Crippen LogP contribution in [0.15, 0.2) is 0 Å². The predicted molar refractivity (Wildman–Crippen MR) is 61.5 cm³/mol. The molecule has 0 aliphatic heterocycles. The molecule has 88 valence electrons. The zero-order chi connectivity index (χ0) is 11.6. The number of hydrogen-bond acceptors (Lipinski definition) is 3. The summed E-state index contributed by atoms with van der Waals surface area (Å²) in [5.74, 6) is 0.627. The lowest BCUT2D eigenvalue weighted by Gasteiger charge is -2.06. The van der Waals surface area contributed by atoms with Gasteiger partial charge in [0.05, 0.1) is 13.2 Å². The highest BCUT2D eigenvalue weighted by Gasteiger charge is 1.95. The highest BCUT2D eigenvalue weighted by atomic mass is 16.5. The average Bonchev–Trinajstić information content (AvgIpc) is 1.94. The van der Waals surface area contributed by atoms with Crippen molar-refractivity contribution < 1.29 is 9.47 Å². The molecule has 0 aromatic carbocycles. The predicted octanol–water partition coefficient (Wildman–Crippen LogP) is 2.05. The summed E-state index contributed by atoms with van der Waals surface area (Å²) < 4.78 is 10.0. The van der Waals surface area contributed by atoms with Crippen molar-refractivity contribution in [2.75, 3.05) is 26.9 Å². The molecule has 0 saturated carbocycles. The molecule has 0 heterocycles. The van der Waals surface area contributed by atoms with Crippen molar-refractivity contribution in [3.63, 3.8) is 0 Å². The SMILES string of the molecule is CC(C)(C)N.COCCOCC(C)C. The van der Waals surface area contributed by atoms with Crippen LogP contribution in [0, 0.1) is 5.92 Å². The Kier molecular flexibility index (Phi) is 11.0. The van der Waals surface area contributed by atoms with Crippen LogP contribution in [0.25, 0.3) is 0 Å². The molecule has 0 unspecified atom stereocenters. The Morgan fingerprint density at radius 3 is 1.86 bits per heavy atom. The first kappa shape index (κ1) is 16.3. The monoisotopic (exact) mass is 205 g/mol. The summed E-state index contributed by atoms with van der Waals surface area (Å²) >= 11 is 0. The number of ether oxygens (including phenoxy) is 2. The molecule has 0 fully saturated rings. The van der Waals surface area contributed by atoms with Crippen molar-refractivity contribution in [3.05, 3.63) is 0 Å². The lowest BCUT2D eigenvalue weighted by atomic mass is 10.1. The van der Waals surface area contributed by atoms with E-state index in [0.29, 0.717) is 19.1 Å². The van der Waals surface area contributed by atoms with E-state index in [2.05, 4.69) is 13.8 Å². The van der Waals surface area contributed by atoms with Gasteiger partial charge in [-0.15, -0.1) is 0 Å². The van der Waals surface area contributed by atoms with Gasteiger partial charge in [-0.2, -0.15) is 0 Å². The molecular formula is C11H27NO2. The van der Waals surface area contributed by atoms with E-state index in [1.807, 2.05) is 20.8 Å². The van der Waals surface area contributed by atoms with Gasteiger partial charge in [-0.3, -0.25) is 0 Å². The summed E-state index contributed by atoms with van der Waals surface area (Å²) in [5.41, 5.74) is 5.35. The second-order valence-electron chi connectivity index (χ2n) is 4.83. The van der Waals surface area contributed by atoms with Crippen molar-refractivity contribution in [1.29, 1.82) is 0 Å². The first-order valence-electron chi connectivity index (χ1n) is 5.13. The Hall–Kier alpha value is -0.120. The standard InChI is InChI=1S/C7H16O2.C4H11N/c1-7(2)6-9-5-4-8-3;1-4(2,3)5/h7H,4-6H2,1-3H3;5H2,1-3H3. The van der Waals surface area contributed by atoms with Crippen LogP contribution in [0.2, 0.25) is 0 Å². The van der Waals surface area contributed by atoms with Crippen LogP contribution in [0.5, 0.6) is 0 Å². The van der Waals surface area contributed by atoms with E-state index in [0.717, 1.165) is 6.61 Å². The lowest BCUT2D eigenvalue weighted by molar-refractivity contribution is 0.0572. The Morgan fingerprint density at radius 2 is 1.57 bits per heavy atom. The third-order valence-corrected chi connectivity index (χ3v) is 0.883. The largest absolute Gasteiger partial charge is 0.382 e. The number of hydrogen-bond donors (Lipinski definition) is 1. The fraction of sp³-hybridized carbons (Fsp3) is 1.00. The van der Waals surface area contributed by atoms with Crippen molar-refractivity contribution >= 4 is 0 Å². The maximum Gasteiger partial charge on any atom is 0.0700 e. The van der Waals surface area contributed by atoms with Crippen molar-refractivity contribution in [1.82, 2.24) is 0 Å². The topological polar surface area (TPSA) is 44.5 Å². The fourth-order valence-electron chi connectivity index (χ4n) is 0.461. The molecule has 3 heteroatoms. The third kappa shape index (κ3) is 40.7. The van der Waals surface area contributed by atoms with Crippen LogP contribution in [0.1, 0.15) is 34.6 Å². The van der Waals surface area contributed by atoms with Gasteiger partial charge in [-0.1, -0.05) is 13.8 Å². The Morgan fingerprint density at radius 1 is 1.14 bits per heavy atom. The zero-order valence-electron chi connectivity index (χ0n) is 10.6. The van der Waals surface area contributed by atoms with Crippen molar-refractivity contribution in [2.24, 2.45) is 11.7 Å². The van der Waals surface area contributed by atoms with Crippen LogP contribution in [-0.4, -0.2) is 32.5 Å². The smallest absolute Gasteiger partial charge is 0.0700 e. The van der Waals surface area contributed by atoms with Gasteiger partial charge in [-0.05, 0) is 26.7 Å². The van der Waals surface area contributed by atoms with E-state index < -0.39 is 0 Å². The number of rotatable bonds is 5. The highest BCUT2D eigenvalue weighted by Crippen LogP contribution is 1.91. The average molecular weight is 205 g/mol. The Balaban J connectivity index is 0. The molecule has 0 bridgehead atoms. The van der Waals surface area contributed by atoms with E-state index in [-0.39, 0.29) is 5.54 Å². The first-order chi connectivity index (χ1) is 6.27. The van der Waals surface area contributed by atoms with Crippen LogP contribution in [0.4, 0.5) is 0 Å². The highest BCUT2D eigenvalue weighted by molar-refractivity contribution is 4.60. The molecule has 3 nitrogen and oxygen atoms in total. The van der Waals surface area contributed by atoms with Gasteiger partial charge in [0.2, 0.25) is 0 Å². The zero-order valence-corrected chi connectivity index (χ0v) is 10.6. The van der Waals surface area contributed by atoms with E-state index in [1.54, 1.807) is 7.11 Å². The molecule has 2 N–H and O–H groups in total. The summed E-state index contributed by atoms with van der Waals surface area (Å²) in [5, 5.41) is 0. The second kappa shape index (κ2) is 9.44. The molecule has 0 saturated heterocycles. The molecular weight excluding hydrogens is 178 g/mol. The second-order valence-corrected chi connectivity index (χ2v) is 4.83. The van der Waals surface area contributed by atoms with Gasteiger partial charge in [0.1, 0.15) is 0 Å². The molecule has 0 radical (unpaired) electrons. The molecule has 0 aliphatic carbocycles. The summed E-state index contributed by atoms with van der Waals surface area (Å²) in [6.07, 6.45) is 0. The normalized spacial score (nSPS) is 11.1. The minimum Gasteiger partial charge on any atom is -0.382 e. The molecule has 0 rings (SSSR count). The van der Waals surface area contributed by atoms with Gasteiger partial charge in [0, 0.05) is 19.3 Å². The van der Waals surface area contributed by atoms with Crippen LogP contribution >= 0.6 is 0 Å². The summed E-state index contributed by atoms with van der Waals surface area (Å²) in [4.78, 5) is 0. The lowest BCUT2D eigenvalue weighted by Crippen LogP contribution is -2.26. The van der Waals surface area contributed by atoms with Crippen LogP contribution in [-0.2, 0) is 9.47 Å². The number of methoxy groups -OCH3 is 1. The Labute approximate surface area is 89.0 Å². The molecule has 0 spiro atoms. The molecule has 0 aromatic heterocycles. The summed E-state index contributed by atoms with van der Waals surface area (Å²) in [7, 11) is 1.68. The molecule has 0 aromatic rings. The van der Waals surface area contributed by atoms with Crippen molar-refractivity contribution in [2.45, 2.75) is 40.2 Å². The number of nitrogens with two attached hydrogens (primary N) is 1. The van der Waals surface area contributed by atoms with Crippen LogP contribution < -0.4 is 5.73 Å². The van der Waals surface area contributed by atoms with Crippen LogP contribution in [0.3, 0.4) is 0 Å². The van der Waals surface area contributed by atoms with E-state index in [4.69, 9.17) is 15.2 Å². The van der Waals surface area contributed by atoms with Gasteiger partial charge < -0.3 is 15.2 Å². The van der Waals surface area contributed by atoms with Gasteiger partial charge in [0.15, 0.2) is 0 Å². The van der Waals surface area contributed by atoms with Gasteiger partial charge >= 0.3 is 0 Å². The van der Waals surface area contributed by atoms with E-state index in [9.17, 15) is 0 Å². The first-order valence-corrected chi connectivity index (χ1v) is 5.13. The minimum absolute atomic E-state index is 0. The summed E-state index contributed by atoms with van der Waals surface area (Å²) in [6, 6.07) is 0. The van der Waals surface area contributed by atoms with Gasteiger partial charge in [-0.25, -0.2) is 0 Å². The molecule has 0 aliphatic rings. The molecule has 14 heavy (non-hydrogen) atoms.